The fourth-order valence-electron chi connectivity index (χ4n) is 5.39. The van der Waals surface area contributed by atoms with E-state index in [4.69, 9.17) is 9.97 Å². The maximum absolute atomic E-state index is 12.8. The Morgan fingerprint density at radius 3 is 2.27 bits per heavy atom. The van der Waals surface area contributed by atoms with Crippen molar-refractivity contribution < 1.29 is 8.42 Å². The van der Waals surface area contributed by atoms with Gasteiger partial charge in [0.1, 0.15) is 11.1 Å². The minimum Gasteiger partial charge on any atom is -0.345 e. The number of sulfonamides is 1. The molecule has 0 saturated carbocycles. The minimum absolute atomic E-state index is 0. The highest BCUT2D eigenvalue weighted by Crippen LogP contribution is 2.40. The number of H-pyrrole nitrogens is 1. The summed E-state index contributed by atoms with van der Waals surface area (Å²) in [5, 5.41) is 1.50. The fourth-order valence-corrected chi connectivity index (χ4v) is 6.03. The van der Waals surface area contributed by atoms with Crippen LogP contribution in [-0.2, 0) is 22.6 Å². The van der Waals surface area contributed by atoms with Crippen molar-refractivity contribution in [2.24, 2.45) is 7.05 Å². The Kier molecular flexibility index (Phi) is 7.23. The van der Waals surface area contributed by atoms with Crippen molar-refractivity contribution >= 4 is 49.9 Å². The largest absolute Gasteiger partial charge is 0.345 e. The Hall–Kier alpha value is -4.41. The molecule has 5 heterocycles. The lowest BCUT2D eigenvalue weighted by Crippen LogP contribution is -2.34. The van der Waals surface area contributed by atoms with Crippen molar-refractivity contribution in [3.05, 3.63) is 113 Å². The van der Waals surface area contributed by atoms with Crippen LogP contribution < -0.4 is 10.3 Å². The summed E-state index contributed by atoms with van der Waals surface area (Å²) in [6.45, 7) is 3.65. The zero-order valence-electron chi connectivity index (χ0n) is 22.7. The fraction of sp³-hybridized carbons (Fsp3) is 0.167. The molecule has 0 radical (unpaired) electrons. The number of aromatic nitrogens is 5. The molecule has 0 unspecified atom stereocenters. The quantitative estimate of drug-likeness (QED) is 0.263. The molecule has 0 aliphatic rings. The van der Waals surface area contributed by atoms with Gasteiger partial charge in [-0.1, -0.05) is 12.1 Å². The first-order valence-electron chi connectivity index (χ1n) is 12.9. The van der Waals surface area contributed by atoms with Crippen molar-refractivity contribution in [1.82, 2.24) is 24.1 Å². The van der Waals surface area contributed by atoms with Crippen LogP contribution in [0.25, 0.3) is 32.9 Å². The lowest BCUT2D eigenvalue weighted by Gasteiger charge is -2.32. The number of anilines is 1. The van der Waals surface area contributed by atoms with Gasteiger partial charge in [0.2, 0.25) is 10.0 Å². The van der Waals surface area contributed by atoms with E-state index < -0.39 is 15.6 Å². The van der Waals surface area contributed by atoms with Gasteiger partial charge in [0.25, 0.3) is 5.56 Å². The molecule has 11 heteroatoms. The van der Waals surface area contributed by atoms with Crippen molar-refractivity contribution in [2.75, 3.05) is 10.5 Å². The van der Waals surface area contributed by atoms with E-state index in [1.54, 1.807) is 30.1 Å². The molecule has 9 nitrogen and oxygen atoms in total. The Balaban J connectivity index is 0.00000337. The molecule has 0 aliphatic carbocycles. The number of hydrogen-bond donors (Lipinski definition) is 2. The van der Waals surface area contributed by atoms with Gasteiger partial charge in [0.15, 0.2) is 0 Å². The second kappa shape index (κ2) is 10.5. The van der Waals surface area contributed by atoms with Crippen LogP contribution in [0.2, 0.25) is 0 Å². The predicted molar refractivity (Wildman–Crippen MR) is 165 cm³/mol. The van der Waals surface area contributed by atoms with E-state index in [-0.39, 0.29) is 23.7 Å². The molecule has 5 aromatic heterocycles. The third-order valence-electron chi connectivity index (χ3n) is 7.47. The van der Waals surface area contributed by atoms with Crippen LogP contribution in [0.3, 0.4) is 0 Å². The van der Waals surface area contributed by atoms with Gasteiger partial charge in [-0.15, -0.1) is 12.4 Å². The van der Waals surface area contributed by atoms with E-state index in [0.29, 0.717) is 11.2 Å². The molecule has 0 atom stereocenters. The SMILES string of the molecule is CCS(=O)(=O)Nc1cc(-c2cn(C)c3c(=O)[nH]ccc23)cc2c1ccn2C(C)(c1ccccn1)c1ccccn1.Cl. The molecular weight excluding hydrogens is 560 g/mol. The molecule has 2 N–H and O–H groups in total. The molecule has 210 valence electrons. The molecule has 1 aromatic carbocycles. The molecule has 0 saturated heterocycles. The van der Waals surface area contributed by atoms with E-state index in [1.165, 1.54) is 0 Å². The zero-order chi connectivity index (χ0) is 28.1. The monoisotopic (exact) mass is 588 g/mol. The lowest BCUT2D eigenvalue weighted by atomic mass is 9.91. The van der Waals surface area contributed by atoms with E-state index in [1.807, 2.05) is 80.1 Å². The number of nitrogens with one attached hydrogen (secondary N) is 2. The molecule has 0 aliphatic heterocycles. The third-order valence-corrected chi connectivity index (χ3v) is 8.76. The molecule has 6 rings (SSSR count). The Labute approximate surface area is 243 Å². The van der Waals surface area contributed by atoms with E-state index >= 15 is 0 Å². The number of hydrogen-bond acceptors (Lipinski definition) is 5. The summed E-state index contributed by atoms with van der Waals surface area (Å²) >= 11 is 0. The normalized spacial score (nSPS) is 12.0. The van der Waals surface area contributed by atoms with Crippen molar-refractivity contribution in [3.63, 3.8) is 0 Å². The number of aryl methyl sites for hydroxylation is 1. The summed E-state index contributed by atoms with van der Waals surface area (Å²) in [7, 11) is -1.76. The van der Waals surface area contributed by atoms with E-state index in [2.05, 4.69) is 21.2 Å². The van der Waals surface area contributed by atoms with Gasteiger partial charge in [-0.25, -0.2) is 8.42 Å². The third kappa shape index (κ3) is 4.68. The average molecular weight is 589 g/mol. The number of rotatable bonds is 7. The highest BCUT2D eigenvalue weighted by molar-refractivity contribution is 7.92. The number of nitrogens with zero attached hydrogens (tertiary/aromatic N) is 4. The van der Waals surface area contributed by atoms with Crippen molar-refractivity contribution in [1.29, 1.82) is 0 Å². The summed E-state index contributed by atoms with van der Waals surface area (Å²) in [6.07, 6.45) is 8.96. The average Bonchev–Trinajstić information content (AvgIpc) is 3.56. The Morgan fingerprint density at radius 1 is 0.976 bits per heavy atom. The zero-order valence-corrected chi connectivity index (χ0v) is 24.3. The van der Waals surface area contributed by atoms with Gasteiger partial charge < -0.3 is 14.1 Å². The second-order valence-electron chi connectivity index (χ2n) is 9.87. The standard InChI is InChI=1S/C30H28N6O3S.ClH/c1-4-40(38,39)34-24-17-20(23-19-35(3)28-21(23)11-15-33-29(28)37)18-25-22(24)12-16-36(25)30(2,26-9-5-7-13-31-26)27-10-6-8-14-32-27;/h5-19,34H,4H2,1-3H3,(H,33,37);1H. The molecule has 0 fully saturated rings. The van der Waals surface area contributed by atoms with Crippen molar-refractivity contribution in [3.8, 4) is 11.1 Å². The first kappa shape index (κ1) is 28.1. The Morgan fingerprint density at radius 2 is 1.66 bits per heavy atom. The van der Waals surface area contributed by atoms with Gasteiger partial charge in [-0.2, -0.15) is 0 Å². The molecule has 0 spiro atoms. The summed E-state index contributed by atoms with van der Waals surface area (Å²) in [6, 6.07) is 19.2. The van der Waals surface area contributed by atoms with Crippen LogP contribution in [0.5, 0.6) is 0 Å². The summed E-state index contributed by atoms with van der Waals surface area (Å²) in [5.41, 5.74) is 3.91. The summed E-state index contributed by atoms with van der Waals surface area (Å²) in [5.74, 6) is -0.0668. The van der Waals surface area contributed by atoms with Crippen LogP contribution in [0.15, 0.2) is 96.4 Å². The van der Waals surface area contributed by atoms with Gasteiger partial charge >= 0.3 is 0 Å². The van der Waals surface area contributed by atoms with Gasteiger partial charge in [-0.05, 0) is 67.9 Å². The van der Waals surface area contributed by atoms with E-state index in [0.717, 1.165) is 38.8 Å². The summed E-state index contributed by atoms with van der Waals surface area (Å²) in [4.78, 5) is 24.8. The van der Waals surface area contributed by atoms with Crippen LogP contribution >= 0.6 is 12.4 Å². The maximum Gasteiger partial charge on any atom is 0.272 e. The number of pyridine rings is 3. The summed E-state index contributed by atoms with van der Waals surface area (Å²) < 4.78 is 32.2. The molecule has 0 bridgehead atoms. The highest BCUT2D eigenvalue weighted by Gasteiger charge is 2.35. The Bertz CT molecular complexity index is 1990. The lowest BCUT2D eigenvalue weighted by molar-refractivity contribution is 0.463. The smallest absolute Gasteiger partial charge is 0.272 e. The van der Waals surface area contributed by atoms with Crippen LogP contribution in [0.1, 0.15) is 25.2 Å². The number of aromatic amines is 1. The highest BCUT2D eigenvalue weighted by atomic mass is 35.5. The predicted octanol–water partition coefficient (Wildman–Crippen LogP) is 5.27. The first-order chi connectivity index (χ1) is 19.2. The van der Waals surface area contributed by atoms with Crippen LogP contribution in [0, 0.1) is 0 Å². The minimum atomic E-state index is -3.58. The maximum atomic E-state index is 12.8. The van der Waals surface area contributed by atoms with Crippen LogP contribution in [0.4, 0.5) is 5.69 Å². The van der Waals surface area contributed by atoms with E-state index in [9.17, 15) is 13.2 Å². The molecule has 0 amide bonds. The van der Waals surface area contributed by atoms with Crippen molar-refractivity contribution in [2.45, 2.75) is 19.4 Å². The molecular formula is C30H29ClN6O3S. The number of benzene rings is 1. The first-order valence-corrected chi connectivity index (χ1v) is 14.5. The van der Waals surface area contributed by atoms with Gasteiger partial charge in [0, 0.05) is 54.4 Å². The topological polar surface area (TPSA) is 115 Å². The molecule has 6 aromatic rings. The van der Waals surface area contributed by atoms with Crippen LogP contribution in [-0.4, -0.2) is 38.3 Å². The number of halogens is 1. The number of fused-ring (bicyclic) bond motifs is 2. The second-order valence-corrected chi connectivity index (χ2v) is 11.9. The van der Waals surface area contributed by atoms with Gasteiger partial charge in [-0.3, -0.25) is 19.5 Å². The molecule has 41 heavy (non-hydrogen) atoms. The van der Waals surface area contributed by atoms with Gasteiger partial charge in [0.05, 0.1) is 28.3 Å².